The summed E-state index contributed by atoms with van der Waals surface area (Å²) in [6.45, 7) is 5.79. The summed E-state index contributed by atoms with van der Waals surface area (Å²) in [5.41, 5.74) is 0.179. The molecule has 0 fully saturated rings. The summed E-state index contributed by atoms with van der Waals surface area (Å²) in [5.74, 6) is -3.17. The highest BCUT2D eigenvalue weighted by molar-refractivity contribution is 5.77. The number of halogens is 2. The summed E-state index contributed by atoms with van der Waals surface area (Å²) in [4.78, 5) is 24.4. The lowest BCUT2D eigenvalue weighted by Crippen LogP contribution is -2.34. The SMILES string of the molecule is CC(C)(C)CC(=O)N(CCC(=O)O)Cc1ccc(F)c(F)c1. The summed E-state index contributed by atoms with van der Waals surface area (Å²) in [6.07, 6.45) is 0.0514. The normalized spacial score (nSPS) is 11.3. The van der Waals surface area contributed by atoms with Gasteiger partial charge in [-0.3, -0.25) is 9.59 Å². The number of hydrogen-bond donors (Lipinski definition) is 1. The molecular weight excluding hydrogens is 292 g/mol. The molecule has 0 heterocycles. The van der Waals surface area contributed by atoms with Crippen LogP contribution in [-0.4, -0.2) is 28.4 Å². The number of carboxylic acids is 1. The van der Waals surface area contributed by atoms with Crippen molar-refractivity contribution >= 4 is 11.9 Å². The summed E-state index contributed by atoms with van der Waals surface area (Å²) in [5, 5.41) is 8.78. The third kappa shape index (κ3) is 6.20. The van der Waals surface area contributed by atoms with Crippen molar-refractivity contribution in [3.63, 3.8) is 0 Å². The Bertz CT molecular complexity index is 553. The van der Waals surface area contributed by atoms with Crippen LogP contribution in [0.2, 0.25) is 0 Å². The van der Waals surface area contributed by atoms with E-state index in [9.17, 15) is 18.4 Å². The van der Waals surface area contributed by atoms with Crippen molar-refractivity contribution in [2.75, 3.05) is 6.54 Å². The van der Waals surface area contributed by atoms with Crippen LogP contribution in [0.5, 0.6) is 0 Å². The second-order valence-corrected chi connectivity index (χ2v) is 6.44. The van der Waals surface area contributed by atoms with Crippen molar-refractivity contribution < 1.29 is 23.5 Å². The van der Waals surface area contributed by atoms with E-state index >= 15 is 0 Å². The van der Waals surface area contributed by atoms with Gasteiger partial charge in [0.05, 0.1) is 6.42 Å². The van der Waals surface area contributed by atoms with Gasteiger partial charge in [-0.1, -0.05) is 26.8 Å². The Morgan fingerprint density at radius 1 is 1.18 bits per heavy atom. The molecule has 0 atom stereocenters. The fourth-order valence-electron chi connectivity index (χ4n) is 1.95. The van der Waals surface area contributed by atoms with Crippen LogP contribution in [0.1, 0.15) is 39.2 Å². The Hall–Kier alpha value is -1.98. The van der Waals surface area contributed by atoms with Gasteiger partial charge >= 0.3 is 5.97 Å². The Kier molecular flexibility index (Phi) is 6.02. The van der Waals surface area contributed by atoms with Crippen molar-refractivity contribution in [2.45, 2.75) is 40.2 Å². The lowest BCUT2D eigenvalue weighted by Gasteiger charge is -2.26. The first-order valence-electron chi connectivity index (χ1n) is 7.02. The molecule has 6 heteroatoms. The number of rotatable bonds is 6. The average molecular weight is 313 g/mol. The van der Waals surface area contributed by atoms with Crippen LogP contribution in [0, 0.1) is 17.0 Å². The number of nitrogens with zero attached hydrogens (tertiary/aromatic N) is 1. The molecule has 1 aromatic rings. The number of hydrogen-bond acceptors (Lipinski definition) is 2. The van der Waals surface area contributed by atoms with E-state index in [0.29, 0.717) is 5.56 Å². The first-order valence-corrected chi connectivity index (χ1v) is 7.02. The van der Waals surface area contributed by atoms with Gasteiger partial charge in [0.25, 0.3) is 0 Å². The molecule has 0 radical (unpaired) electrons. The van der Waals surface area contributed by atoms with E-state index < -0.39 is 17.6 Å². The van der Waals surface area contributed by atoms with Gasteiger partial charge in [0.1, 0.15) is 0 Å². The lowest BCUT2D eigenvalue weighted by molar-refractivity contribution is -0.139. The molecule has 122 valence electrons. The third-order valence-electron chi connectivity index (χ3n) is 2.99. The van der Waals surface area contributed by atoms with E-state index in [1.54, 1.807) is 0 Å². The Balaban J connectivity index is 2.86. The van der Waals surface area contributed by atoms with E-state index in [2.05, 4.69) is 0 Å². The fourth-order valence-corrected chi connectivity index (χ4v) is 1.95. The first kappa shape index (κ1) is 18.1. The second-order valence-electron chi connectivity index (χ2n) is 6.44. The maximum atomic E-state index is 13.2. The smallest absolute Gasteiger partial charge is 0.305 e. The van der Waals surface area contributed by atoms with Crippen LogP contribution in [0.4, 0.5) is 8.78 Å². The van der Waals surface area contributed by atoms with Crippen molar-refractivity contribution in [3.05, 3.63) is 35.4 Å². The highest BCUT2D eigenvalue weighted by atomic mass is 19.2. The monoisotopic (exact) mass is 313 g/mol. The molecule has 1 aromatic carbocycles. The highest BCUT2D eigenvalue weighted by Gasteiger charge is 2.22. The van der Waals surface area contributed by atoms with Crippen molar-refractivity contribution in [3.8, 4) is 0 Å². The lowest BCUT2D eigenvalue weighted by atomic mass is 9.91. The van der Waals surface area contributed by atoms with Crippen molar-refractivity contribution in [2.24, 2.45) is 5.41 Å². The Morgan fingerprint density at radius 2 is 1.82 bits per heavy atom. The van der Waals surface area contributed by atoms with Crippen LogP contribution in [0.15, 0.2) is 18.2 Å². The zero-order chi connectivity index (χ0) is 16.9. The van der Waals surface area contributed by atoms with Gasteiger partial charge < -0.3 is 10.0 Å². The standard InChI is InChI=1S/C16H21F2NO3/c1-16(2,3)9-14(20)19(7-6-15(21)22)10-11-4-5-12(17)13(18)8-11/h4-5,8H,6-7,9-10H2,1-3H3,(H,21,22). The summed E-state index contributed by atoms with van der Waals surface area (Å²) in [7, 11) is 0. The predicted molar refractivity (Wildman–Crippen MR) is 78.1 cm³/mol. The maximum Gasteiger partial charge on any atom is 0.305 e. The summed E-state index contributed by atoms with van der Waals surface area (Å²) in [6, 6.07) is 3.40. The largest absolute Gasteiger partial charge is 0.481 e. The maximum absolute atomic E-state index is 13.2. The molecule has 4 nitrogen and oxygen atoms in total. The van der Waals surface area contributed by atoms with Gasteiger partial charge in [-0.15, -0.1) is 0 Å². The first-order chi connectivity index (χ1) is 10.1. The Labute approximate surface area is 128 Å². The van der Waals surface area contributed by atoms with Crippen molar-refractivity contribution in [1.82, 2.24) is 4.90 Å². The molecule has 0 aliphatic carbocycles. The molecule has 0 aromatic heterocycles. The molecule has 0 aliphatic heterocycles. The molecule has 0 saturated carbocycles. The topological polar surface area (TPSA) is 57.6 Å². The molecule has 1 amide bonds. The van der Waals surface area contributed by atoms with Gasteiger partial charge in [0.15, 0.2) is 11.6 Å². The van der Waals surface area contributed by atoms with Gasteiger partial charge in [-0.05, 0) is 23.1 Å². The van der Waals surface area contributed by atoms with Crippen LogP contribution in [-0.2, 0) is 16.1 Å². The summed E-state index contributed by atoms with van der Waals surface area (Å²) >= 11 is 0. The molecule has 0 spiro atoms. The van der Waals surface area contributed by atoms with E-state index in [-0.39, 0.29) is 37.3 Å². The van der Waals surface area contributed by atoms with Crippen LogP contribution >= 0.6 is 0 Å². The molecule has 1 rings (SSSR count). The summed E-state index contributed by atoms with van der Waals surface area (Å²) < 4.78 is 26.2. The minimum absolute atomic E-state index is 0.0310. The fraction of sp³-hybridized carbons (Fsp3) is 0.500. The number of benzene rings is 1. The van der Waals surface area contributed by atoms with E-state index in [4.69, 9.17) is 5.11 Å². The van der Waals surface area contributed by atoms with Gasteiger partial charge in [0.2, 0.25) is 5.91 Å². The molecule has 0 aliphatic rings. The number of carboxylic acid groups (broad SMARTS) is 1. The molecule has 0 bridgehead atoms. The molecule has 0 saturated heterocycles. The van der Waals surface area contributed by atoms with Crippen molar-refractivity contribution in [1.29, 1.82) is 0 Å². The van der Waals surface area contributed by atoms with Crippen LogP contribution < -0.4 is 0 Å². The molecule has 0 unspecified atom stereocenters. The zero-order valence-electron chi connectivity index (χ0n) is 13.0. The number of carbonyl (C=O) groups excluding carboxylic acids is 1. The number of amides is 1. The average Bonchev–Trinajstić information content (AvgIpc) is 2.36. The zero-order valence-corrected chi connectivity index (χ0v) is 13.0. The molecule has 1 N–H and O–H groups in total. The van der Waals surface area contributed by atoms with E-state index in [0.717, 1.165) is 12.1 Å². The predicted octanol–water partition coefficient (Wildman–Crippen LogP) is 3.20. The van der Waals surface area contributed by atoms with Gasteiger partial charge in [-0.2, -0.15) is 0 Å². The third-order valence-corrected chi connectivity index (χ3v) is 2.99. The minimum Gasteiger partial charge on any atom is -0.481 e. The second kappa shape index (κ2) is 7.33. The molecular formula is C16H21F2NO3. The van der Waals surface area contributed by atoms with Crippen LogP contribution in [0.25, 0.3) is 0 Å². The highest BCUT2D eigenvalue weighted by Crippen LogP contribution is 2.21. The van der Waals surface area contributed by atoms with Gasteiger partial charge in [0, 0.05) is 19.5 Å². The van der Waals surface area contributed by atoms with E-state index in [1.807, 2.05) is 20.8 Å². The van der Waals surface area contributed by atoms with Crippen LogP contribution in [0.3, 0.4) is 0 Å². The van der Waals surface area contributed by atoms with E-state index in [1.165, 1.54) is 11.0 Å². The Morgan fingerprint density at radius 3 is 2.32 bits per heavy atom. The number of aliphatic carboxylic acids is 1. The quantitative estimate of drug-likeness (QED) is 0.877. The number of carbonyl (C=O) groups is 2. The molecule has 22 heavy (non-hydrogen) atoms. The minimum atomic E-state index is -1.01. The van der Waals surface area contributed by atoms with Gasteiger partial charge in [-0.25, -0.2) is 8.78 Å².